The van der Waals surface area contributed by atoms with E-state index in [2.05, 4.69) is 0 Å². The first kappa shape index (κ1) is 28.0. The highest BCUT2D eigenvalue weighted by Gasteiger charge is 2.33. The average Bonchev–Trinajstić information content (AvgIpc) is 3.09. The van der Waals surface area contributed by atoms with E-state index in [1.807, 2.05) is 44.2 Å². The highest BCUT2D eigenvalue weighted by Crippen LogP contribution is 2.26. The van der Waals surface area contributed by atoms with Gasteiger partial charge in [0, 0.05) is 32.7 Å². The smallest absolute Gasteiger partial charge is 0.258 e. The van der Waals surface area contributed by atoms with E-state index in [-0.39, 0.29) is 44.0 Å². The summed E-state index contributed by atoms with van der Waals surface area (Å²) in [7, 11) is 3.01. The fourth-order valence-electron chi connectivity index (χ4n) is 4.37. The molecule has 0 bridgehead atoms. The fraction of sp³-hybridized carbons (Fsp3) is 0.464. The van der Waals surface area contributed by atoms with E-state index in [9.17, 15) is 14.4 Å². The van der Waals surface area contributed by atoms with E-state index in [0.717, 1.165) is 5.56 Å². The van der Waals surface area contributed by atoms with Gasteiger partial charge in [-0.15, -0.1) is 0 Å². The molecule has 9 nitrogen and oxygen atoms in total. The van der Waals surface area contributed by atoms with Gasteiger partial charge in [0.1, 0.15) is 24.7 Å². The Morgan fingerprint density at radius 2 is 1.73 bits per heavy atom. The molecule has 1 fully saturated rings. The molecule has 3 amide bonds. The van der Waals surface area contributed by atoms with Crippen LogP contribution in [0.15, 0.2) is 48.5 Å². The second-order valence-corrected chi connectivity index (χ2v) is 8.83. The summed E-state index contributed by atoms with van der Waals surface area (Å²) in [6.07, 6.45) is 0.150. The summed E-state index contributed by atoms with van der Waals surface area (Å²) in [5.74, 6) is 0.235. The third-order valence-electron chi connectivity index (χ3n) is 6.52. The van der Waals surface area contributed by atoms with Crippen LogP contribution in [0, 0.1) is 0 Å². The van der Waals surface area contributed by atoms with Crippen molar-refractivity contribution in [1.29, 1.82) is 0 Å². The zero-order valence-corrected chi connectivity index (χ0v) is 22.1. The molecule has 1 atom stereocenters. The molecule has 1 heterocycles. The van der Waals surface area contributed by atoms with E-state index in [1.54, 1.807) is 28.0 Å². The predicted molar refractivity (Wildman–Crippen MR) is 140 cm³/mol. The number of hydrogen-bond acceptors (Lipinski definition) is 6. The minimum absolute atomic E-state index is 0.0994. The van der Waals surface area contributed by atoms with Gasteiger partial charge in [0.05, 0.1) is 25.9 Å². The van der Waals surface area contributed by atoms with Gasteiger partial charge >= 0.3 is 0 Å². The van der Waals surface area contributed by atoms with Crippen molar-refractivity contribution in [1.82, 2.24) is 14.7 Å². The molecule has 0 aromatic heterocycles. The maximum Gasteiger partial charge on any atom is 0.258 e. The van der Waals surface area contributed by atoms with Gasteiger partial charge in [-0.25, -0.2) is 0 Å². The monoisotopic (exact) mass is 511 g/mol. The van der Waals surface area contributed by atoms with Gasteiger partial charge in [-0.1, -0.05) is 30.3 Å². The zero-order valence-electron chi connectivity index (χ0n) is 22.1. The number of rotatable bonds is 11. The largest absolute Gasteiger partial charge is 0.497 e. The Hall–Kier alpha value is -3.59. The molecule has 3 rings (SSSR count). The van der Waals surface area contributed by atoms with Gasteiger partial charge in [0.15, 0.2) is 0 Å². The molecule has 1 aliphatic heterocycles. The Morgan fingerprint density at radius 1 is 1.00 bits per heavy atom. The van der Waals surface area contributed by atoms with Crippen molar-refractivity contribution in [2.24, 2.45) is 0 Å². The van der Waals surface area contributed by atoms with Gasteiger partial charge in [0.25, 0.3) is 5.91 Å². The summed E-state index contributed by atoms with van der Waals surface area (Å²) >= 11 is 0. The van der Waals surface area contributed by atoms with Crippen LogP contribution >= 0.6 is 0 Å². The lowest BCUT2D eigenvalue weighted by atomic mass is 10.1. The minimum atomic E-state index is -0.526. The van der Waals surface area contributed by atoms with E-state index >= 15 is 0 Å². The summed E-state index contributed by atoms with van der Waals surface area (Å²) in [5, 5.41) is 0. The number of methoxy groups -OCH3 is 2. The highest BCUT2D eigenvalue weighted by atomic mass is 16.5. The molecule has 9 heteroatoms. The van der Waals surface area contributed by atoms with Crippen molar-refractivity contribution < 1.29 is 28.6 Å². The number of amides is 3. The Labute approximate surface area is 218 Å². The second-order valence-electron chi connectivity index (χ2n) is 8.83. The number of ether oxygens (including phenoxy) is 3. The fourth-order valence-corrected chi connectivity index (χ4v) is 4.37. The third kappa shape index (κ3) is 7.45. The number of likely N-dealkylation sites (N-methyl/N-ethyl adjacent to an activating group) is 1. The molecule has 0 aliphatic carbocycles. The first-order valence-corrected chi connectivity index (χ1v) is 12.6. The number of nitrogens with zero attached hydrogens (tertiary/aromatic N) is 3. The lowest BCUT2D eigenvalue weighted by molar-refractivity contribution is -0.138. The molecule has 2 aromatic carbocycles. The number of hydrogen-bond donors (Lipinski definition) is 0. The normalized spacial score (nSPS) is 15.8. The second kappa shape index (κ2) is 13.6. The van der Waals surface area contributed by atoms with Crippen LogP contribution in [0.4, 0.5) is 0 Å². The minimum Gasteiger partial charge on any atom is -0.497 e. The van der Waals surface area contributed by atoms with Crippen molar-refractivity contribution in [3.8, 4) is 11.5 Å². The topological polar surface area (TPSA) is 88.6 Å². The van der Waals surface area contributed by atoms with Crippen LogP contribution in [0.1, 0.15) is 29.8 Å². The number of carbonyl (C=O) groups is 3. The third-order valence-corrected chi connectivity index (χ3v) is 6.52. The maximum absolute atomic E-state index is 13.6. The lowest BCUT2D eigenvalue weighted by Crippen LogP contribution is -2.41. The van der Waals surface area contributed by atoms with E-state index in [0.29, 0.717) is 43.1 Å². The number of carbonyl (C=O) groups excluding carboxylic acids is 3. The Balaban J connectivity index is 1.82. The molecular weight excluding hydrogens is 474 g/mol. The van der Waals surface area contributed by atoms with E-state index in [1.165, 1.54) is 19.1 Å². The van der Waals surface area contributed by atoms with Gasteiger partial charge in [-0.3, -0.25) is 14.4 Å². The predicted octanol–water partition coefficient (Wildman–Crippen LogP) is 2.48. The van der Waals surface area contributed by atoms with Gasteiger partial charge < -0.3 is 28.9 Å². The zero-order chi connectivity index (χ0) is 26.8. The van der Waals surface area contributed by atoms with E-state index < -0.39 is 6.10 Å². The maximum atomic E-state index is 13.6. The molecule has 0 radical (unpaired) electrons. The standard InChI is InChI=1S/C28H37N3O6/c1-5-29(6-2)27(33)20-37-23-17-30(15-14-21-10-8-7-9-11-21)26(32)19-31(18-23)28(34)24-16-22(35-3)12-13-25(24)36-4/h7-13,16,23H,5-6,14-15,17-20H2,1-4H3/t23-/m0/s1. The van der Waals surface area contributed by atoms with Crippen LogP contribution in [-0.2, 0) is 20.7 Å². The quantitative estimate of drug-likeness (QED) is 0.461. The van der Waals surface area contributed by atoms with E-state index in [4.69, 9.17) is 14.2 Å². The van der Waals surface area contributed by atoms with Crippen molar-refractivity contribution in [3.05, 3.63) is 59.7 Å². The van der Waals surface area contributed by atoms with Crippen LogP contribution < -0.4 is 9.47 Å². The van der Waals surface area contributed by atoms with Gasteiger partial charge in [-0.05, 0) is 44.0 Å². The summed E-state index contributed by atoms with van der Waals surface area (Å²) in [6.45, 7) is 5.73. The summed E-state index contributed by atoms with van der Waals surface area (Å²) < 4.78 is 16.7. The highest BCUT2D eigenvalue weighted by molar-refractivity contribution is 5.99. The van der Waals surface area contributed by atoms with Crippen molar-refractivity contribution >= 4 is 17.7 Å². The van der Waals surface area contributed by atoms with Crippen molar-refractivity contribution in [2.75, 3.05) is 60.1 Å². The Bertz CT molecular complexity index is 1060. The molecule has 0 unspecified atom stereocenters. The first-order valence-electron chi connectivity index (χ1n) is 12.6. The lowest BCUT2D eigenvalue weighted by Gasteiger charge is -2.26. The Kier molecular flexibility index (Phi) is 10.3. The first-order chi connectivity index (χ1) is 17.9. The molecule has 37 heavy (non-hydrogen) atoms. The SMILES string of the molecule is CCN(CC)C(=O)CO[C@H]1CN(CCc2ccccc2)C(=O)CN(C(=O)c2cc(OC)ccc2OC)C1. The molecule has 1 aliphatic rings. The van der Waals surface area contributed by atoms with Crippen LogP contribution in [0.3, 0.4) is 0 Å². The van der Waals surface area contributed by atoms with Crippen LogP contribution in [-0.4, -0.2) is 98.6 Å². The summed E-state index contributed by atoms with van der Waals surface area (Å²) in [6, 6.07) is 14.9. The number of benzene rings is 2. The van der Waals surface area contributed by atoms with Gasteiger partial charge in [-0.2, -0.15) is 0 Å². The molecule has 200 valence electrons. The van der Waals surface area contributed by atoms with Crippen molar-refractivity contribution in [3.63, 3.8) is 0 Å². The molecular formula is C28H37N3O6. The molecule has 1 saturated heterocycles. The molecule has 0 N–H and O–H groups in total. The molecule has 2 aromatic rings. The Morgan fingerprint density at radius 3 is 2.38 bits per heavy atom. The van der Waals surface area contributed by atoms with Crippen LogP contribution in [0.5, 0.6) is 11.5 Å². The van der Waals surface area contributed by atoms with Crippen molar-refractivity contribution in [2.45, 2.75) is 26.4 Å². The molecule has 0 saturated carbocycles. The summed E-state index contributed by atoms with van der Waals surface area (Å²) in [4.78, 5) is 44.4. The van der Waals surface area contributed by atoms with Crippen LogP contribution in [0.2, 0.25) is 0 Å². The van der Waals surface area contributed by atoms with Crippen LogP contribution in [0.25, 0.3) is 0 Å². The molecule has 0 spiro atoms. The average molecular weight is 512 g/mol. The summed E-state index contributed by atoms with van der Waals surface area (Å²) in [5.41, 5.74) is 1.41. The van der Waals surface area contributed by atoms with Gasteiger partial charge in [0.2, 0.25) is 11.8 Å².